The number of ether oxygens (including phenoxy) is 2. The molecule has 0 spiro atoms. The van der Waals surface area contributed by atoms with Crippen LogP contribution in [0.3, 0.4) is 0 Å². The van der Waals surface area contributed by atoms with E-state index in [1.165, 1.54) is 7.11 Å². The van der Waals surface area contributed by atoms with Gasteiger partial charge in [0.1, 0.15) is 12.6 Å². The molecule has 86 valence electrons. The van der Waals surface area contributed by atoms with Gasteiger partial charge in [-0.25, -0.2) is 4.79 Å². The summed E-state index contributed by atoms with van der Waals surface area (Å²) in [5, 5.41) is 0. The Labute approximate surface area is 92.9 Å². The molecule has 0 radical (unpaired) electrons. The molecular weight excluding hydrogens is 210 g/mol. The number of esters is 2. The van der Waals surface area contributed by atoms with Gasteiger partial charge in [-0.1, -0.05) is 0 Å². The van der Waals surface area contributed by atoms with Gasteiger partial charge in [-0.05, 0) is 18.6 Å². The van der Waals surface area contributed by atoms with E-state index in [1.54, 1.807) is 0 Å². The average Bonchev–Trinajstić information content (AvgIpc) is 2.75. The molecule has 0 unspecified atom stereocenters. The Morgan fingerprint density at radius 2 is 2.50 bits per heavy atom. The van der Waals surface area contributed by atoms with Crippen molar-refractivity contribution in [3.63, 3.8) is 0 Å². The second kappa shape index (κ2) is 4.38. The standard InChI is InChI=1S/C11H13NO4/c1-15-10(13)5-4-9-11(14)16-7-8-3-2-6-12(8)9/h2-3,6,9H,4-5,7H2,1H3/t9-/m0/s1. The smallest absolute Gasteiger partial charge is 0.329 e. The fourth-order valence-corrected chi connectivity index (χ4v) is 1.82. The fraction of sp³-hybridized carbons (Fsp3) is 0.455. The largest absolute Gasteiger partial charge is 0.469 e. The highest BCUT2D eigenvalue weighted by Gasteiger charge is 2.28. The number of hydrogen-bond donors (Lipinski definition) is 0. The summed E-state index contributed by atoms with van der Waals surface area (Å²) in [4.78, 5) is 22.6. The first-order valence-corrected chi connectivity index (χ1v) is 5.11. The van der Waals surface area contributed by atoms with Crippen LogP contribution in [0.15, 0.2) is 18.3 Å². The van der Waals surface area contributed by atoms with Crippen molar-refractivity contribution in [3.05, 3.63) is 24.0 Å². The summed E-state index contributed by atoms with van der Waals surface area (Å²) in [5.74, 6) is -0.598. The van der Waals surface area contributed by atoms with Crippen molar-refractivity contribution in [3.8, 4) is 0 Å². The highest BCUT2D eigenvalue weighted by molar-refractivity contribution is 5.76. The summed E-state index contributed by atoms with van der Waals surface area (Å²) >= 11 is 0. The summed E-state index contributed by atoms with van der Waals surface area (Å²) in [6.45, 7) is 0.306. The van der Waals surface area contributed by atoms with E-state index in [0.717, 1.165) is 5.69 Å². The summed E-state index contributed by atoms with van der Waals surface area (Å²) in [6.07, 6.45) is 2.46. The monoisotopic (exact) mass is 223 g/mol. The molecule has 16 heavy (non-hydrogen) atoms. The van der Waals surface area contributed by atoms with E-state index in [4.69, 9.17) is 4.74 Å². The van der Waals surface area contributed by atoms with Crippen molar-refractivity contribution in [2.45, 2.75) is 25.5 Å². The van der Waals surface area contributed by atoms with Crippen molar-refractivity contribution in [1.29, 1.82) is 0 Å². The van der Waals surface area contributed by atoms with Gasteiger partial charge in [0, 0.05) is 12.6 Å². The average molecular weight is 223 g/mol. The zero-order valence-electron chi connectivity index (χ0n) is 9.01. The molecule has 5 nitrogen and oxygen atoms in total. The van der Waals surface area contributed by atoms with Crippen molar-refractivity contribution in [1.82, 2.24) is 4.57 Å². The van der Waals surface area contributed by atoms with E-state index < -0.39 is 6.04 Å². The molecule has 1 aliphatic rings. The number of carbonyl (C=O) groups is 2. The Hall–Kier alpha value is -1.78. The van der Waals surface area contributed by atoms with Crippen molar-refractivity contribution in [2.75, 3.05) is 7.11 Å². The van der Waals surface area contributed by atoms with Crippen LogP contribution in [0.1, 0.15) is 24.6 Å². The van der Waals surface area contributed by atoms with Crippen molar-refractivity contribution in [2.24, 2.45) is 0 Å². The van der Waals surface area contributed by atoms with Gasteiger partial charge in [-0.3, -0.25) is 4.79 Å². The quantitative estimate of drug-likeness (QED) is 0.718. The molecule has 0 saturated heterocycles. The second-order valence-electron chi connectivity index (χ2n) is 3.65. The Morgan fingerprint density at radius 1 is 1.69 bits per heavy atom. The summed E-state index contributed by atoms with van der Waals surface area (Å²) in [7, 11) is 1.34. The minimum atomic E-state index is -0.405. The van der Waals surface area contributed by atoms with E-state index in [1.807, 2.05) is 22.9 Å². The van der Waals surface area contributed by atoms with Gasteiger partial charge in [0.05, 0.1) is 12.8 Å². The zero-order chi connectivity index (χ0) is 11.5. The predicted octanol–water partition coefficient (Wildman–Crippen LogP) is 1.04. The Kier molecular flexibility index (Phi) is 2.94. The molecule has 5 heteroatoms. The van der Waals surface area contributed by atoms with Crippen LogP contribution in [0.4, 0.5) is 0 Å². The van der Waals surface area contributed by atoms with Crippen LogP contribution in [0.2, 0.25) is 0 Å². The van der Waals surface area contributed by atoms with Crippen LogP contribution >= 0.6 is 0 Å². The van der Waals surface area contributed by atoms with E-state index >= 15 is 0 Å². The summed E-state index contributed by atoms with van der Waals surface area (Å²) in [5.41, 5.74) is 0.953. The minimum absolute atomic E-state index is 0.216. The molecule has 0 fully saturated rings. The molecule has 2 rings (SSSR count). The van der Waals surface area contributed by atoms with Gasteiger partial charge in [-0.15, -0.1) is 0 Å². The number of nitrogens with zero attached hydrogens (tertiary/aromatic N) is 1. The molecule has 1 atom stereocenters. The van der Waals surface area contributed by atoms with Crippen LogP contribution in [0.25, 0.3) is 0 Å². The molecule has 1 aliphatic heterocycles. The van der Waals surface area contributed by atoms with Crippen LogP contribution in [-0.2, 0) is 25.7 Å². The van der Waals surface area contributed by atoms with Gasteiger partial charge in [0.2, 0.25) is 0 Å². The van der Waals surface area contributed by atoms with Gasteiger partial charge >= 0.3 is 11.9 Å². The van der Waals surface area contributed by atoms with Crippen LogP contribution in [0, 0.1) is 0 Å². The molecule has 0 amide bonds. The maximum absolute atomic E-state index is 11.6. The Bertz CT molecular complexity index is 410. The molecular formula is C11H13NO4. The number of carbonyl (C=O) groups excluding carboxylic acids is 2. The zero-order valence-corrected chi connectivity index (χ0v) is 9.01. The number of rotatable bonds is 3. The molecule has 1 aromatic rings. The lowest BCUT2D eigenvalue weighted by molar-refractivity contribution is -0.152. The molecule has 0 bridgehead atoms. The van der Waals surface area contributed by atoms with Gasteiger partial charge in [-0.2, -0.15) is 0 Å². The van der Waals surface area contributed by atoms with E-state index in [2.05, 4.69) is 4.74 Å². The van der Waals surface area contributed by atoms with Crippen LogP contribution in [0.5, 0.6) is 0 Å². The maximum Gasteiger partial charge on any atom is 0.329 e. The topological polar surface area (TPSA) is 57.5 Å². The lowest BCUT2D eigenvalue weighted by Gasteiger charge is -2.24. The Balaban J connectivity index is 2.09. The normalized spacial score (nSPS) is 18.8. The number of cyclic esters (lactones) is 1. The number of fused-ring (bicyclic) bond motifs is 1. The predicted molar refractivity (Wildman–Crippen MR) is 54.5 cm³/mol. The maximum atomic E-state index is 11.6. The van der Waals surface area contributed by atoms with Gasteiger partial charge < -0.3 is 14.0 Å². The highest BCUT2D eigenvalue weighted by Crippen LogP contribution is 2.24. The van der Waals surface area contributed by atoms with E-state index in [-0.39, 0.29) is 18.4 Å². The number of methoxy groups -OCH3 is 1. The summed E-state index contributed by atoms with van der Waals surface area (Å²) < 4.78 is 11.4. The molecule has 0 aromatic carbocycles. The molecule has 0 saturated carbocycles. The first kappa shape index (κ1) is 10.7. The molecule has 1 aromatic heterocycles. The van der Waals surface area contributed by atoms with Crippen molar-refractivity contribution < 1.29 is 19.1 Å². The summed E-state index contributed by atoms with van der Waals surface area (Å²) in [6, 6.07) is 3.36. The Morgan fingerprint density at radius 3 is 3.25 bits per heavy atom. The van der Waals surface area contributed by atoms with Crippen molar-refractivity contribution >= 4 is 11.9 Å². The third-order valence-electron chi connectivity index (χ3n) is 2.69. The van der Waals surface area contributed by atoms with E-state index in [9.17, 15) is 9.59 Å². The second-order valence-corrected chi connectivity index (χ2v) is 3.65. The van der Waals surface area contributed by atoms with Crippen LogP contribution in [-0.4, -0.2) is 23.6 Å². The van der Waals surface area contributed by atoms with Gasteiger partial charge in [0.25, 0.3) is 0 Å². The molecule has 0 N–H and O–H groups in total. The lowest BCUT2D eigenvalue weighted by Crippen LogP contribution is -2.28. The number of aromatic nitrogens is 1. The molecule has 0 aliphatic carbocycles. The van der Waals surface area contributed by atoms with E-state index in [0.29, 0.717) is 13.0 Å². The first-order chi connectivity index (χ1) is 7.72. The minimum Gasteiger partial charge on any atom is -0.469 e. The number of hydrogen-bond acceptors (Lipinski definition) is 4. The molecule has 2 heterocycles. The highest BCUT2D eigenvalue weighted by atomic mass is 16.5. The third-order valence-corrected chi connectivity index (χ3v) is 2.69. The fourth-order valence-electron chi connectivity index (χ4n) is 1.82. The van der Waals surface area contributed by atoms with Gasteiger partial charge in [0.15, 0.2) is 0 Å². The third kappa shape index (κ3) is 1.93. The first-order valence-electron chi connectivity index (χ1n) is 5.11. The SMILES string of the molecule is COC(=O)CC[C@H]1C(=O)OCc2cccn21. The van der Waals surface area contributed by atoms with Crippen LogP contribution < -0.4 is 0 Å². The lowest BCUT2D eigenvalue weighted by atomic mass is 10.1.